The van der Waals surface area contributed by atoms with E-state index in [1.165, 1.54) is 10.5 Å². The van der Waals surface area contributed by atoms with E-state index in [-0.39, 0.29) is 17.5 Å². The number of carbonyl (C=O) groups is 1. The lowest BCUT2D eigenvalue weighted by Gasteiger charge is -2.35. The highest BCUT2D eigenvalue weighted by molar-refractivity contribution is 8.14. The molecular formula is C21H23N3OS. The molecule has 0 radical (unpaired) electrons. The number of aliphatic imine (C=N–C) groups is 1. The first-order chi connectivity index (χ1) is 12.5. The molecule has 2 heterocycles. The summed E-state index contributed by atoms with van der Waals surface area (Å²) in [4.78, 5) is 21.1. The van der Waals surface area contributed by atoms with E-state index in [2.05, 4.69) is 43.4 Å². The molecule has 0 spiro atoms. The maximum absolute atomic E-state index is 13.0. The zero-order chi connectivity index (χ0) is 18.1. The van der Waals surface area contributed by atoms with Gasteiger partial charge in [-0.25, -0.2) is 0 Å². The fourth-order valence-electron chi connectivity index (χ4n) is 3.60. The zero-order valence-electron chi connectivity index (χ0n) is 15.1. The van der Waals surface area contributed by atoms with Gasteiger partial charge in [0.1, 0.15) is 6.04 Å². The largest absolute Gasteiger partial charge is 0.333 e. The molecule has 134 valence electrons. The number of amides is 1. The summed E-state index contributed by atoms with van der Waals surface area (Å²) in [7, 11) is 0. The Kier molecular flexibility index (Phi) is 4.59. The van der Waals surface area contributed by atoms with Gasteiger partial charge in [0.25, 0.3) is 0 Å². The number of rotatable bonds is 3. The predicted octanol–water partition coefficient (Wildman–Crippen LogP) is 3.60. The van der Waals surface area contributed by atoms with E-state index in [4.69, 9.17) is 4.99 Å². The van der Waals surface area contributed by atoms with Crippen LogP contribution in [0.1, 0.15) is 31.0 Å². The van der Waals surface area contributed by atoms with Gasteiger partial charge in [0.15, 0.2) is 0 Å². The van der Waals surface area contributed by atoms with Crippen LogP contribution in [0, 0.1) is 0 Å². The van der Waals surface area contributed by atoms with Gasteiger partial charge in [-0.05, 0) is 31.0 Å². The van der Waals surface area contributed by atoms with Gasteiger partial charge in [-0.1, -0.05) is 60.3 Å². The van der Waals surface area contributed by atoms with E-state index in [1.807, 2.05) is 35.2 Å². The molecule has 0 aliphatic carbocycles. The summed E-state index contributed by atoms with van der Waals surface area (Å²) in [5, 5.41) is 4.36. The number of hydrogen-bond acceptors (Lipinski definition) is 4. The van der Waals surface area contributed by atoms with Gasteiger partial charge < -0.3 is 10.2 Å². The zero-order valence-corrected chi connectivity index (χ0v) is 15.9. The van der Waals surface area contributed by atoms with Crippen LogP contribution in [0.15, 0.2) is 64.5 Å². The molecule has 0 saturated carbocycles. The summed E-state index contributed by atoms with van der Waals surface area (Å²) in [6.07, 6.45) is 0. The highest BCUT2D eigenvalue weighted by Gasteiger charge is 2.33. The number of nitrogens with one attached hydrogen (secondary N) is 1. The number of hydrogen-bond donors (Lipinski definition) is 1. The molecule has 5 heteroatoms. The highest BCUT2D eigenvalue weighted by atomic mass is 32.2. The van der Waals surface area contributed by atoms with Crippen LogP contribution in [0.5, 0.6) is 0 Å². The summed E-state index contributed by atoms with van der Waals surface area (Å²) in [6, 6.07) is 18.1. The second-order valence-corrected chi connectivity index (χ2v) is 8.34. The van der Waals surface area contributed by atoms with Crippen molar-refractivity contribution in [3.05, 3.63) is 65.7 Å². The Morgan fingerprint density at radius 2 is 1.88 bits per heavy atom. The van der Waals surface area contributed by atoms with Crippen molar-refractivity contribution in [2.24, 2.45) is 4.99 Å². The minimum absolute atomic E-state index is 0.127. The first kappa shape index (κ1) is 17.3. The van der Waals surface area contributed by atoms with Gasteiger partial charge >= 0.3 is 0 Å². The molecule has 1 N–H and O–H groups in total. The van der Waals surface area contributed by atoms with Crippen LogP contribution in [0.3, 0.4) is 0 Å². The topological polar surface area (TPSA) is 44.7 Å². The van der Waals surface area contributed by atoms with Crippen molar-refractivity contribution in [3.8, 4) is 0 Å². The number of benzene rings is 2. The molecule has 26 heavy (non-hydrogen) atoms. The maximum Gasteiger partial charge on any atom is 0.244 e. The molecule has 1 saturated heterocycles. The van der Waals surface area contributed by atoms with Gasteiger partial charge in [-0.2, -0.15) is 0 Å². The average Bonchev–Trinajstić information content (AvgIpc) is 2.64. The first-order valence-electron chi connectivity index (χ1n) is 8.98. The first-order valence-corrected chi connectivity index (χ1v) is 9.79. The lowest BCUT2D eigenvalue weighted by atomic mass is 9.95. The molecule has 2 aliphatic heterocycles. The Bertz CT molecular complexity index is 847. The lowest BCUT2D eigenvalue weighted by molar-refractivity contribution is -0.134. The van der Waals surface area contributed by atoms with Gasteiger partial charge in [-0.15, -0.1) is 0 Å². The van der Waals surface area contributed by atoms with Crippen LogP contribution in [-0.2, 0) is 10.3 Å². The molecule has 1 unspecified atom stereocenters. The van der Waals surface area contributed by atoms with Crippen molar-refractivity contribution in [1.82, 2.24) is 10.2 Å². The van der Waals surface area contributed by atoms with E-state index < -0.39 is 0 Å². The summed E-state index contributed by atoms with van der Waals surface area (Å²) in [6.45, 7) is 6.36. The summed E-state index contributed by atoms with van der Waals surface area (Å²) in [5.74, 6) is 0.127. The molecule has 1 fully saturated rings. The fourth-order valence-corrected chi connectivity index (χ4v) is 4.92. The van der Waals surface area contributed by atoms with Crippen molar-refractivity contribution >= 4 is 22.7 Å². The quantitative estimate of drug-likeness (QED) is 0.904. The van der Waals surface area contributed by atoms with Crippen LogP contribution in [0.2, 0.25) is 0 Å². The van der Waals surface area contributed by atoms with Gasteiger partial charge in [0, 0.05) is 18.0 Å². The van der Waals surface area contributed by atoms with Crippen molar-refractivity contribution in [3.63, 3.8) is 0 Å². The fraction of sp³-hybridized carbons (Fsp3) is 0.333. The molecule has 2 aliphatic rings. The third-order valence-electron chi connectivity index (χ3n) is 4.93. The number of thioether (sulfide) groups is 1. The van der Waals surface area contributed by atoms with E-state index in [9.17, 15) is 4.79 Å². The molecule has 1 amide bonds. The average molecular weight is 366 g/mol. The molecule has 1 atom stereocenters. The van der Waals surface area contributed by atoms with Crippen molar-refractivity contribution in [1.29, 1.82) is 0 Å². The monoisotopic (exact) mass is 365 g/mol. The van der Waals surface area contributed by atoms with E-state index in [1.54, 1.807) is 11.8 Å². The summed E-state index contributed by atoms with van der Waals surface area (Å²) < 4.78 is 0. The van der Waals surface area contributed by atoms with Gasteiger partial charge in [0.05, 0.1) is 17.1 Å². The highest BCUT2D eigenvalue weighted by Crippen LogP contribution is 2.39. The van der Waals surface area contributed by atoms with Crippen LogP contribution < -0.4 is 5.32 Å². The summed E-state index contributed by atoms with van der Waals surface area (Å²) >= 11 is 1.69. The number of fused-ring (bicyclic) bond motifs is 1. The van der Waals surface area contributed by atoms with Crippen molar-refractivity contribution in [2.45, 2.75) is 30.3 Å². The number of carbonyl (C=O) groups excluding carboxylic acids is 1. The van der Waals surface area contributed by atoms with Gasteiger partial charge in [-0.3, -0.25) is 9.79 Å². The predicted molar refractivity (Wildman–Crippen MR) is 107 cm³/mol. The standard InChI is InChI=1S/C21H23N3OS/c1-21(2)16-10-6-7-11-17(16)26-18(23-21)14-24-13-12-22-19(20(24)25)15-8-4-3-5-9-15/h3-11,19,22H,12-14H2,1-2H3. The van der Waals surface area contributed by atoms with Crippen LogP contribution in [0.4, 0.5) is 0 Å². The second kappa shape index (κ2) is 6.89. The normalized spacial score (nSPS) is 21.9. The molecule has 2 aromatic carbocycles. The lowest BCUT2D eigenvalue weighted by Crippen LogP contribution is -2.51. The second-order valence-electron chi connectivity index (χ2n) is 7.22. The third kappa shape index (κ3) is 3.29. The smallest absolute Gasteiger partial charge is 0.244 e. The Balaban J connectivity index is 1.54. The van der Waals surface area contributed by atoms with Crippen molar-refractivity contribution in [2.75, 3.05) is 19.6 Å². The van der Waals surface area contributed by atoms with Gasteiger partial charge in [0.2, 0.25) is 5.91 Å². The summed E-state index contributed by atoms with van der Waals surface area (Å²) in [5.41, 5.74) is 2.02. The Morgan fingerprint density at radius 1 is 1.15 bits per heavy atom. The maximum atomic E-state index is 13.0. The van der Waals surface area contributed by atoms with Crippen LogP contribution in [-0.4, -0.2) is 35.5 Å². The van der Waals surface area contributed by atoms with Crippen LogP contribution in [0.25, 0.3) is 0 Å². The van der Waals surface area contributed by atoms with E-state index in [0.29, 0.717) is 13.1 Å². The molecule has 4 nitrogen and oxygen atoms in total. The van der Waals surface area contributed by atoms with E-state index in [0.717, 1.165) is 17.2 Å². The molecular weight excluding hydrogens is 342 g/mol. The Labute approximate surface area is 158 Å². The minimum atomic E-state index is -0.264. The van der Waals surface area contributed by atoms with E-state index >= 15 is 0 Å². The SMILES string of the molecule is CC1(C)N=C(CN2CCNC(c3ccccc3)C2=O)Sc2ccccc21. The molecule has 0 bridgehead atoms. The Morgan fingerprint density at radius 3 is 2.69 bits per heavy atom. The molecule has 0 aromatic heterocycles. The number of nitrogens with zero attached hydrogens (tertiary/aromatic N) is 2. The molecule has 4 rings (SSSR count). The number of piperazine rings is 1. The van der Waals surface area contributed by atoms with Crippen molar-refractivity contribution < 1.29 is 4.79 Å². The van der Waals surface area contributed by atoms with Crippen LogP contribution >= 0.6 is 11.8 Å². The third-order valence-corrected chi connectivity index (χ3v) is 5.96. The Hall–Kier alpha value is -2.11. The molecule has 2 aromatic rings. The minimum Gasteiger partial charge on any atom is -0.333 e.